The van der Waals surface area contributed by atoms with Gasteiger partial charge < -0.3 is 14.6 Å². The van der Waals surface area contributed by atoms with Crippen LogP contribution < -0.4 is 0 Å². The summed E-state index contributed by atoms with van der Waals surface area (Å²) < 4.78 is 9.49. The number of hydrogen-bond acceptors (Lipinski definition) is 5. The molecule has 0 fully saturated rings. The largest absolute Gasteiger partial charge is 0.465 e. The highest BCUT2D eigenvalue weighted by atomic mass is 16.6. The van der Waals surface area contributed by atoms with Crippen molar-refractivity contribution in [3.63, 3.8) is 0 Å². The van der Waals surface area contributed by atoms with Crippen molar-refractivity contribution in [2.24, 2.45) is 5.92 Å². The summed E-state index contributed by atoms with van der Waals surface area (Å²) in [6.45, 7) is 3.75. The normalized spacial score (nSPS) is 10.1. The molecule has 0 aliphatic carbocycles. The summed E-state index contributed by atoms with van der Waals surface area (Å²) >= 11 is 0. The number of rotatable bonds is 7. The average molecular weight is 218 g/mol. The Hall–Kier alpha value is -1.10. The molecule has 5 nitrogen and oxygen atoms in total. The number of aliphatic hydroxyl groups excluding tert-OH is 1. The van der Waals surface area contributed by atoms with Gasteiger partial charge in [0.1, 0.15) is 0 Å². The van der Waals surface area contributed by atoms with Gasteiger partial charge in [0.05, 0.1) is 13.2 Å². The molecule has 0 aromatic heterocycles. The highest BCUT2D eigenvalue weighted by Gasteiger charge is 2.28. The molecule has 1 N–H and O–H groups in total. The minimum absolute atomic E-state index is 0.0602. The molecule has 88 valence electrons. The first-order chi connectivity index (χ1) is 7.17. The maximum atomic E-state index is 11.4. The molecular formula is C10H18O5. The van der Waals surface area contributed by atoms with Crippen molar-refractivity contribution in [1.82, 2.24) is 0 Å². The molecule has 0 saturated heterocycles. The summed E-state index contributed by atoms with van der Waals surface area (Å²) in [4.78, 5) is 22.7. The van der Waals surface area contributed by atoms with Gasteiger partial charge in [-0.3, -0.25) is 9.59 Å². The molecule has 0 aliphatic rings. The van der Waals surface area contributed by atoms with E-state index in [0.717, 1.165) is 0 Å². The van der Waals surface area contributed by atoms with E-state index in [1.54, 1.807) is 13.8 Å². The van der Waals surface area contributed by atoms with Gasteiger partial charge in [-0.1, -0.05) is 0 Å². The van der Waals surface area contributed by atoms with E-state index in [1.165, 1.54) is 0 Å². The second-order valence-corrected chi connectivity index (χ2v) is 2.92. The first kappa shape index (κ1) is 13.9. The summed E-state index contributed by atoms with van der Waals surface area (Å²) in [7, 11) is 0. The monoisotopic (exact) mass is 218 g/mol. The van der Waals surface area contributed by atoms with Crippen molar-refractivity contribution in [2.45, 2.75) is 26.7 Å². The van der Waals surface area contributed by atoms with E-state index in [1.807, 2.05) is 0 Å². The van der Waals surface area contributed by atoms with Gasteiger partial charge in [0.15, 0.2) is 5.92 Å². The Morgan fingerprint density at radius 2 is 1.60 bits per heavy atom. The van der Waals surface area contributed by atoms with Crippen LogP contribution in [0.15, 0.2) is 0 Å². The quantitative estimate of drug-likeness (QED) is 0.497. The molecule has 0 unspecified atom stereocenters. The zero-order valence-corrected chi connectivity index (χ0v) is 9.19. The molecule has 0 aromatic carbocycles. The van der Waals surface area contributed by atoms with Crippen molar-refractivity contribution in [1.29, 1.82) is 0 Å². The number of carbonyl (C=O) groups excluding carboxylic acids is 2. The molecule has 0 aromatic rings. The van der Waals surface area contributed by atoms with E-state index in [-0.39, 0.29) is 26.2 Å². The molecule has 0 atom stereocenters. The van der Waals surface area contributed by atoms with E-state index in [2.05, 4.69) is 0 Å². The van der Waals surface area contributed by atoms with Crippen molar-refractivity contribution in [3.05, 3.63) is 0 Å². The predicted molar refractivity (Wildman–Crippen MR) is 53.1 cm³/mol. The first-order valence-corrected chi connectivity index (χ1v) is 5.11. The summed E-state index contributed by atoms with van der Waals surface area (Å²) in [5, 5.41) is 8.63. The van der Waals surface area contributed by atoms with Crippen LogP contribution in [0.25, 0.3) is 0 Å². The number of hydrogen-bond donors (Lipinski definition) is 1. The summed E-state index contributed by atoms with van der Waals surface area (Å²) in [6.07, 6.45) is 0.635. The van der Waals surface area contributed by atoms with Gasteiger partial charge in [0.25, 0.3) is 0 Å². The van der Waals surface area contributed by atoms with Gasteiger partial charge in [-0.25, -0.2) is 0 Å². The molecule has 0 amide bonds. The van der Waals surface area contributed by atoms with Gasteiger partial charge in [-0.15, -0.1) is 0 Å². The molecular weight excluding hydrogens is 200 g/mol. The van der Waals surface area contributed by atoms with E-state index in [0.29, 0.717) is 6.42 Å². The Morgan fingerprint density at radius 1 is 1.13 bits per heavy atom. The van der Waals surface area contributed by atoms with Crippen molar-refractivity contribution in [3.8, 4) is 0 Å². The standard InChI is InChI=1S/C10H18O5/c1-3-14-9(12)8(6-5-7-11)10(13)15-4-2/h8,11H,3-7H2,1-2H3. The lowest BCUT2D eigenvalue weighted by Crippen LogP contribution is -2.28. The second-order valence-electron chi connectivity index (χ2n) is 2.92. The minimum atomic E-state index is -0.906. The van der Waals surface area contributed by atoms with Crippen LogP contribution in [-0.4, -0.2) is 36.9 Å². The topological polar surface area (TPSA) is 72.8 Å². The summed E-state index contributed by atoms with van der Waals surface area (Å²) in [6, 6.07) is 0. The van der Waals surface area contributed by atoms with Gasteiger partial charge >= 0.3 is 11.9 Å². The lowest BCUT2D eigenvalue weighted by molar-refractivity contribution is -0.162. The van der Waals surface area contributed by atoms with Crippen LogP contribution in [0.4, 0.5) is 0 Å². The van der Waals surface area contributed by atoms with Crippen LogP contribution in [0.3, 0.4) is 0 Å². The van der Waals surface area contributed by atoms with Gasteiger partial charge in [-0.2, -0.15) is 0 Å². The molecule has 0 heterocycles. The van der Waals surface area contributed by atoms with Crippen LogP contribution in [0.2, 0.25) is 0 Å². The minimum Gasteiger partial charge on any atom is -0.465 e. The smallest absolute Gasteiger partial charge is 0.320 e. The lowest BCUT2D eigenvalue weighted by Gasteiger charge is -2.13. The molecule has 0 spiro atoms. The number of aliphatic hydroxyl groups is 1. The molecule has 0 aliphatic heterocycles. The maximum absolute atomic E-state index is 11.4. The zero-order valence-electron chi connectivity index (χ0n) is 9.19. The van der Waals surface area contributed by atoms with E-state index >= 15 is 0 Å². The Morgan fingerprint density at radius 3 is 1.93 bits per heavy atom. The fourth-order valence-electron chi connectivity index (χ4n) is 1.11. The van der Waals surface area contributed by atoms with Crippen LogP contribution in [0.1, 0.15) is 26.7 Å². The molecule has 0 saturated carbocycles. The zero-order chi connectivity index (χ0) is 11.7. The first-order valence-electron chi connectivity index (χ1n) is 5.11. The van der Waals surface area contributed by atoms with Crippen LogP contribution in [0, 0.1) is 5.92 Å². The number of ether oxygens (including phenoxy) is 2. The summed E-state index contributed by atoms with van der Waals surface area (Å²) in [5.41, 5.74) is 0. The van der Waals surface area contributed by atoms with Crippen LogP contribution in [0.5, 0.6) is 0 Å². The van der Waals surface area contributed by atoms with E-state index < -0.39 is 17.9 Å². The third-order valence-electron chi connectivity index (χ3n) is 1.79. The third kappa shape index (κ3) is 5.37. The molecule has 0 radical (unpaired) electrons. The molecule has 0 bridgehead atoms. The van der Waals surface area contributed by atoms with Gasteiger partial charge in [0.2, 0.25) is 0 Å². The molecule has 15 heavy (non-hydrogen) atoms. The van der Waals surface area contributed by atoms with Crippen molar-refractivity contribution < 1.29 is 24.2 Å². The van der Waals surface area contributed by atoms with Gasteiger partial charge in [-0.05, 0) is 26.7 Å². The highest BCUT2D eigenvalue weighted by Crippen LogP contribution is 2.11. The number of esters is 2. The SMILES string of the molecule is CCOC(=O)C(CCCO)C(=O)OCC. The molecule has 0 rings (SSSR count). The highest BCUT2D eigenvalue weighted by molar-refractivity contribution is 5.94. The van der Waals surface area contributed by atoms with Crippen LogP contribution >= 0.6 is 0 Å². The number of carbonyl (C=O) groups is 2. The van der Waals surface area contributed by atoms with E-state index in [4.69, 9.17) is 14.6 Å². The van der Waals surface area contributed by atoms with Crippen molar-refractivity contribution in [2.75, 3.05) is 19.8 Å². The van der Waals surface area contributed by atoms with Gasteiger partial charge in [0, 0.05) is 6.61 Å². The van der Waals surface area contributed by atoms with Crippen LogP contribution in [-0.2, 0) is 19.1 Å². The van der Waals surface area contributed by atoms with Crippen molar-refractivity contribution >= 4 is 11.9 Å². The Kier molecular flexibility index (Phi) is 7.62. The second kappa shape index (κ2) is 8.23. The predicted octanol–water partition coefficient (Wildman–Crippen LogP) is 0.501. The Bertz CT molecular complexity index is 184. The molecule has 5 heteroatoms. The summed E-state index contributed by atoms with van der Waals surface area (Å²) in [5.74, 6) is -2.06. The fourth-order valence-corrected chi connectivity index (χ4v) is 1.11. The Labute approximate surface area is 89.4 Å². The Balaban J connectivity index is 4.28. The third-order valence-corrected chi connectivity index (χ3v) is 1.79. The average Bonchev–Trinajstić information content (AvgIpc) is 2.19. The maximum Gasteiger partial charge on any atom is 0.320 e. The van der Waals surface area contributed by atoms with E-state index in [9.17, 15) is 9.59 Å². The lowest BCUT2D eigenvalue weighted by atomic mass is 10.0. The fraction of sp³-hybridized carbons (Fsp3) is 0.800.